The summed E-state index contributed by atoms with van der Waals surface area (Å²) in [5.41, 5.74) is 1.32. The van der Waals surface area contributed by atoms with Gasteiger partial charge in [-0.05, 0) is 13.0 Å². The predicted molar refractivity (Wildman–Crippen MR) is 85.2 cm³/mol. The van der Waals surface area contributed by atoms with Gasteiger partial charge in [-0.3, -0.25) is 0 Å². The molecule has 0 aliphatic heterocycles. The Labute approximate surface area is 132 Å². The smallest absolute Gasteiger partial charge is 0.319 e. The van der Waals surface area contributed by atoms with Crippen LogP contribution in [0.3, 0.4) is 0 Å². The van der Waals surface area contributed by atoms with Crippen molar-refractivity contribution >= 4 is 23.1 Å². The van der Waals surface area contributed by atoms with Crippen molar-refractivity contribution in [2.75, 3.05) is 19.0 Å². The molecule has 1 heterocycles. The van der Waals surface area contributed by atoms with Crippen LogP contribution >= 0.6 is 11.3 Å². The third kappa shape index (κ3) is 4.42. The minimum Gasteiger partial charge on any atom is -0.497 e. The normalized spacial score (nSPS) is 11.8. The molecule has 1 aromatic heterocycles. The molecule has 118 valence electrons. The number of urea groups is 1. The number of amides is 2. The van der Waals surface area contributed by atoms with E-state index in [4.69, 9.17) is 4.74 Å². The van der Waals surface area contributed by atoms with E-state index < -0.39 is 11.8 Å². The van der Waals surface area contributed by atoms with Gasteiger partial charge < -0.3 is 15.4 Å². The Morgan fingerprint density at radius 3 is 2.86 bits per heavy atom. The number of rotatable bonds is 5. The molecule has 7 heteroatoms. The number of carbonyl (C=O) groups is 1. The molecule has 0 saturated carbocycles. The Kier molecular flexibility index (Phi) is 5.32. The number of methoxy groups -OCH3 is 1. The van der Waals surface area contributed by atoms with E-state index >= 15 is 0 Å². The summed E-state index contributed by atoms with van der Waals surface area (Å²) in [6.45, 7) is 4.37. The van der Waals surface area contributed by atoms with Crippen molar-refractivity contribution in [3.63, 3.8) is 0 Å². The molecule has 0 fully saturated rings. The minimum absolute atomic E-state index is 0.117. The highest BCUT2D eigenvalue weighted by Crippen LogP contribution is 2.20. The molecule has 0 unspecified atom stereocenters. The molecule has 2 aromatic rings. The Hall–Kier alpha value is -2.15. The fourth-order valence-corrected chi connectivity index (χ4v) is 2.72. The van der Waals surface area contributed by atoms with Crippen LogP contribution < -0.4 is 15.4 Å². The van der Waals surface area contributed by atoms with Crippen molar-refractivity contribution < 1.29 is 13.9 Å². The van der Waals surface area contributed by atoms with Gasteiger partial charge in [-0.15, -0.1) is 11.3 Å². The maximum atomic E-state index is 13.3. The molecule has 2 N–H and O–H groups in total. The largest absolute Gasteiger partial charge is 0.497 e. The monoisotopic (exact) mass is 323 g/mol. The Bertz CT molecular complexity index is 660. The molecule has 22 heavy (non-hydrogen) atoms. The number of carbonyl (C=O) groups excluding carboxylic acids is 1. The lowest BCUT2D eigenvalue weighted by Gasteiger charge is -2.12. The summed E-state index contributed by atoms with van der Waals surface area (Å²) in [7, 11) is 1.44. The van der Waals surface area contributed by atoms with Crippen LogP contribution in [-0.2, 0) is 0 Å². The van der Waals surface area contributed by atoms with Crippen LogP contribution in [0.1, 0.15) is 23.5 Å². The Morgan fingerprint density at radius 1 is 1.45 bits per heavy atom. The highest BCUT2D eigenvalue weighted by Gasteiger charge is 2.11. The number of nitrogens with zero attached hydrogens (tertiary/aromatic N) is 1. The van der Waals surface area contributed by atoms with Crippen molar-refractivity contribution in [1.29, 1.82) is 0 Å². The van der Waals surface area contributed by atoms with Gasteiger partial charge in [-0.1, -0.05) is 6.92 Å². The van der Waals surface area contributed by atoms with Crippen molar-refractivity contribution in [2.45, 2.75) is 19.8 Å². The molecule has 1 atom stereocenters. The van der Waals surface area contributed by atoms with Gasteiger partial charge in [0, 0.05) is 41.4 Å². The topological polar surface area (TPSA) is 63.2 Å². The first-order valence-corrected chi connectivity index (χ1v) is 7.67. The van der Waals surface area contributed by atoms with Crippen LogP contribution in [0, 0.1) is 12.7 Å². The van der Waals surface area contributed by atoms with Gasteiger partial charge in [-0.2, -0.15) is 0 Å². The van der Waals surface area contributed by atoms with Crippen LogP contribution in [0.5, 0.6) is 5.75 Å². The summed E-state index contributed by atoms with van der Waals surface area (Å²) in [6.07, 6.45) is 0. The molecular formula is C15H18FN3O2S. The quantitative estimate of drug-likeness (QED) is 0.885. The highest BCUT2D eigenvalue weighted by molar-refractivity contribution is 7.09. The van der Waals surface area contributed by atoms with Crippen LogP contribution in [-0.4, -0.2) is 24.7 Å². The van der Waals surface area contributed by atoms with Crippen LogP contribution in [0.25, 0.3) is 0 Å². The fraction of sp³-hybridized carbons (Fsp3) is 0.333. The third-order valence-electron chi connectivity index (χ3n) is 2.99. The van der Waals surface area contributed by atoms with Crippen LogP contribution in [0.4, 0.5) is 14.9 Å². The van der Waals surface area contributed by atoms with E-state index in [0.717, 1.165) is 10.7 Å². The molecule has 0 bridgehead atoms. The minimum atomic E-state index is -0.471. The van der Waals surface area contributed by atoms with E-state index in [2.05, 4.69) is 15.6 Å². The van der Waals surface area contributed by atoms with E-state index in [0.29, 0.717) is 18.0 Å². The predicted octanol–water partition coefficient (Wildman–Crippen LogP) is 3.52. The van der Waals surface area contributed by atoms with E-state index in [1.54, 1.807) is 17.4 Å². The van der Waals surface area contributed by atoms with Gasteiger partial charge in [0.25, 0.3) is 0 Å². The number of aryl methyl sites for hydroxylation is 1. The maximum absolute atomic E-state index is 13.3. The lowest BCUT2D eigenvalue weighted by atomic mass is 10.2. The van der Waals surface area contributed by atoms with Crippen molar-refractivity contribution in [3.8, 4) is 5.75 Å². The molecule has 0 radical (unpaired) electrons. The molecule has 0 aliphatic rings. The number of thiazole rings is 1. The summed E-state index contributed by atoms with van der Waals surface area (Å²) in [5.74, 6) is -0.00490. The van der Waals surface area contributed by atoms with Crippen LogP contribution in [0.15, 0.2) is 23.6 Å². The zero-order valence-corrected chi connectivity index (χ0v) is 13.5. The summed E-state index contributed by atoms with van der Waals surface area (Å²) in [6, 6.07) is 3.63. The molecule has 2 amide bonds. The molecular weight excluding hydrogens is 305 g/mol. The highest BCUT2D eigenvalue weighted by atomic mass is 32.1. The molecule has 0 aliphatic carbocycles. The number of halogens is 1. The molecule has 0 saturated heterocycles. The number of benzene rings is 1. The number of hydrogen-bond donors (Lipinski definition) is 2. The van der Waals surface area contributed by atoms with Gasteiger partial charge in [0.15, 0.2) is 0 Å². The van der Waals surface area contributed by atoms with Gasteiger partial charge in [0.2, 0.25) is 0 Å². The average Bonchev–Trinajstić information content (AvgIpc) is 2.90. The Morgan fingerprint density at radius 2 is 2.23 bits per heavy atom. The van der Waals surface area contributed by atoms with E-state index in [9.17, 15) is 9.18 Å². The summed E-state index contributed by atoms with van der Waals surface area (Å²) in [4.78, 5) is 16.2. The van der Waals surface area contributed by atoms with E-state index in [-0.39, 0.29) is 5.92 Å². The van der Waals surface area contributed by atoms with Gasteiger partial charge >= 0.3 is 6.03 Å². The lowest BCUT2D eigenvalue weighted by Crippen LogP contribution is -2.31. The third-order valence-corrected chi connectivity index (χ3v) is 4.19. The summed E-state index contributed by atoms with van der Waals surface area (Å²) in [5, 5.41) is 8.29. The molecule has 2 rings (SSSR count). The number of hydrogen-bond acceptors (Lipinski definition) is 4. The number of anilines is 1. The molecule has 5 nitrogen and oxygen atoms in total. The number of ether oxygens (including phenoxy) is 1. The van der Waals surface area contributed by atoms with Gasteiger partial charge in [-0.25, -0.2) is 14.2 Å². The SMILES string of the molecule is COc1cc(F)cc(NC(=O)NC[C@@H](C)c2nc(C)cs2)c1. The zero-order chi connectivity index (χ0) is 16.1. The molecule has 1 aromatic carbocycles. The zero-order valence-electron chi connectivity index (χ0n) is 12.6. The van der Waals surface area contributed by atoms with Crippen LogP contribution in [0.2, 0.25) is 0 Å². The van der Waals surface area contributed by atoms with Crippen molar-refractivity contribution in [3.05, 3.63) is 40.1 Å². The number of aromatic nitrogens is 1. The second-order valence-corrected chi connectivity index (χ2v) is 5.83. The average molecular weight is 323 g/mol. The van der Waals surface area contributed by atoms with E-state index in [1.165, 1.54) is 19.2 Å². The standard InChI is InChI=1S/C15H18FN3O2S/c1-9(14-18-10(2)8-22-14)7-17-15(20)19-12-4-11(16)5-13(6-12)21-3/h4-6,8-9H,7H2,1-3H3,(H2,17,19,20)/t9-/m1/s1. The summed E-state index contributed by atoms with van der Waals surface area (Å²) < 4.78 is 18.3. The van der Waals surface area contributed by atoms with Crippen molar-refractivity contribution in [2.24, 2.45) is 0 Å². The van der Waals surface area contributed by atoms with Gasteiger partial charge in [0.1, 0.15) is 11.6 Å². The van der Waals surface area contributed by atoms with Gasteiger partial charge in [0.05, 0.1) is 12.1 Å². The van der Waals surface area contributed by atoms with E-state index in [1.807, 2.05) is 19.2 Å². The first-order valence-electron chi connectivity index (χ1n) is 6.79. The van der Waals surface area contributed by atoms with Crippen molar-refractivity contribution in [1.82, 2.24) is 10.3 Å². The first-order chi connectivity index (χ1) is 10.5. The fourth-order valence-electron chi connectivity index (χ4n) is 1.86. The number of nitrogens with one attached hydrogen (secondary N) is 2. The second kappa shape index (κ2) is 7.22. The molecule has 0 spiro atoms. The lowest BCUT2D eigenvalue weighted by molar-refractivity contribution is 0.251. The first kappa shape index (κ1) is 16.2. The Balaban J connectivity index is 1.89. The maximum Gasteiger partial charge on any atom is 0.319 e. The summed E-state index contributed by atoms with van der Waals surface area (Å²) >= 11 is 1.57. The second-order valence-electron chi connectivity index (χ2n) is 4.94.